The summed E-state index contributed by atoms with van der Waals surface area (Å²) in [5.74, 6) is -8.02. The number of aliphatic hydroxyl groups is 3. The Morgan fingerprint density at radius 1 is 0.838 bits per heavy atom. The Bertz CT molecular complexity index is 1810. The maximum absolute atomic E-state index is 14.7. The zero-order valence-corrected chi connectivity index (χ0v) is 42.4. The van der Waals surface area contributed by atoms with Crippen molar-refractivity contribution in [3.05, 3.63) is 47.6 Å². The number of piperidine rings is 1. The Balaban J connectivity index is 1.73. The van der Waals surface area contributed by atoms with Crippen molar-refractivity contribution in [3.63, 3.8) is 0 Å². The van der Waals surface area contributed by atoms with Gasteiger partial charge in [0.05, 0.1) is 37.6 Å². The highest BCUT2D eigenvalue weighted by molar-refractivity contribution is 6.09. The van der Waals surface area contributed by atoms with Gasteiger partial charge in [-0.15, -0.1) is 0 Å². The molecular formula is C53H83NO14. The number of hydrogen-bond donors (Lipinski definition) is 3. The molecule has 68 heavy (non-hydrogen) atoms. The summed E-state index contributed by atoms with van der Waals surface area (Å²) in [7, 11) is 4.57. The third kappa shape index (κ3) is 15.3. The number of ether oxygens (including phenoxy) is 6. The molecule has 15 nitrogen and oxygen atoms in total. The van der Waals surface area contributed by atoms with Crippen LogP contribution in [0.2, 0.25) is 0 Å². The number of ketones is 3. The molecular weight excluding hydrogens is 875 g/mol. The highest BCUT2D eigenvalue weighted by Crippen LogP contribution is 2.37. The summed E-state index contributed by atoms with van der Waals surface area (Å²) < 4.78 is 35.7. The van der Waals surface area contributed by atoms with Crippen molar-refractivity contribution in [1.82, 2.24) is 4.90 Å². The number of cyclic esters (lactones) is 1. The van der Waals surface area contributed by atoms with Gasteiger partial charge in [-0.2, -0.15) is 0 Å². The number of allylic oxidation sites excluding steroid dienone is 6. The third-order valence-corrected chi connectivity index (χ3v) is 14.8. The molecule has 3 aliphatic heterocycles. The topological polar surface area (TPSA) is 205 Å². The molecule has 4 aliphatic rings. The van der Waals surface area contributed by atoms with E-state index in [0.29, 0.717) is 56.9 Å². The van der Waals surface area contributed by atoms with Crippen LogP contribution in [0.15, 0.2) is 47.6 Å². The molecule has 3 heterocycles. The lowest BCUT2D eigenvalue weighted by Gasteiger charge is -2.40. The zero-order valence-electron chi connectivity index (χ0n) is 42.4. The Morgan fingerprint density at radius 3 is 2.25 bits per heavy atom. The summed E-state index contributed by atoms with van der Waals surface area (Å²) in [4.78, 5) is 72.5. The van der Waals surface area contributed by atoms with E-state index in [2.05, 4.69) is 0 Å². The minimum Gasteiger partial charge on any atom is -0.460 e. The second kappa shape index (κ2) is 27.3. The number of methoxy groups -OCH3 is 3. The van der Waals surface area contributed by atoms with Gasteiger partial charge in [-0.25, -0.2) is 4.79 Å². The Labute approximate surface area is 405 Å². The molecule has 0 aromatic carbocycles. The van der Waals surface area contributed by atoms with Crippen molar-refractivity contribution in [1.29, 1.82) is 0 Å². The van der Waals surface area contributed by atoms with Gasteiger partial charge in [-0.3, -0.25) is 19.2 Å². The molecule has 0 radical (unpaired) electrons. The number of aliphatic hydroxyl groups excluding tert-OH is 2. The normalized spacial score (nSPS) is 39.2. The smallest absolute Gasteiger partial charge is 0.329 e. The van der Waals surface area contributed by atoms with Crippen LogP contribution < -0.4 is 0 Å². The molecule has 3 fully saturated rings. The van der Waals surface area contributed by atoms with Crippen LogP contribution in [0.5, 0.6) is 0 Å². The van der Waals surface area contributed by atoms with Crippen LogP contribution in [0.25, 0.3) is 0 Å². The average molecular weight is 958 g/mol. The Morgan fingerprint density at radius 2 is 1.57 bits per heavy atom. The summed E-state index contributed by atoms with van der Waals surface area (Å²) in [6.45, 7) is 12.8. The van der Waals surface area contributed by atoms with Crippen LogP contribution in [-0.2, 0) is 52.4 Å². The molecule has 0 aromatic heterocycles. The number of esters is 1. The van der Waals surface area contributed by atoms with E-state index < -0.39 is 77.8 Å². The molecule has 15 heteroatoms. The second-order valence-electron chi connectivity index (χ2n) is 20.1. The summed E-state index contributed by atoms with van der Waals surface area (Å²) >= 11 is 0. The molecule has 1 saturated carbocycles. The zero-order chi connectivity index (χ0) is 50.3. The van der Waals surface area contributed by atoms with Gasteiger partial charge in [0.1, 0.15) is 30.1 Å². The van der Waals surface area contributed by atoms with E-state index in [-0.39, 0.29) is 80.5 Å². The van der Waals surface area contributed by atoms with Gasteiger partial charge in [0.2, 0.25) is 5.78 Å². The minimum atomic E-state index is -2.86. The molecule has 3 N–H and O–H groups in total. The fourth-order valence-electron chi connectivity index (χ4n) is 10.5. The van der Waals surface area contributed by atoms with Crippen LogP contribution >= 0.6 is 0 Å². The van der Waals surface area contributed by atoms with Crippen LogP contribution in [0.4, 0.5) is 0 Å². The quantitative estimate of drug-likeness (QED) is 0.134. The van der Waals surface area contributed by atoms with Gasteiger partial charge in [-0.1, -0.05) is 71.1 Å². The summed E-state index contributed by atoms with van der Waals surface area (Å²) in [6.07, 6.45) is 11.5. The van der Waals surface area contributed by atoms with Crippen molar-refractivity contribution in [2.75, 3.05) is 41.1 Å². The van der Waals surface area contributed by atoms with Gasteiger partial charge >= 0.3 is 11.8 Å². The van der Waals surface area contributed by atoms with Gasteiger partial charge in [0, 0.05) is 58.5 Å². The maximum atomic E-state index is 14.7. The maximum Gasteiger partial charge on any atom is 0.329 e. The standard InChI is InChI=1S/C53H83NO14/c1-32-16-12-11-13-17-33(2)44(63-8)30-40-21-19-34(3)50(59)53(62,68-40)52(61)54-23-15-14-18-41(54)51(60)67-45(36(5)28-39-20-22-43(66-25-24-55)46(29-39)64-9)31-42(56)35(4)27-38(7)48(58)49(65-10)47(57)37(6)26-32/h11-13,16-17,27,32,34-37,39-41,43-46,48-49,55,58,62H,14-15,18-26,28-31H2,1-10H3/b13-11+,16-12+,33-17+,38-27+/t32-,34-,35-,36-,37-,39+,40+,41?,43-,44+,45+,46-,48-,49+,53?/m1/s1. The highest BCUT2D eigenvalue weighted by Gasteiger charge is 2.55. The van der Waals surface area contributed by atoms with Gasteiger partial charge < -0.3 is 48.6 Å². The van der Waals surface area contributed by atoms with E-state index in [1.165, 1.54) is 12.0 Å². The summed E-state index contributed by atoms with van der Waals surface area (Å²) in [5.41, 5.74) is 1.24. The molecule has 4 rings (SSSR count). The number of carbonyl (C=O) groups is 5. The Kier molecular flexibility index (Phi) is 22.9. The number of carbonyl (C=O) groups excluding carboxylic acids is 5. The number of fused-ring (bicyclic) bond motifs is 3. The lowest BCUT2D eigenvalue weighted by Crippen LogP contribution is -2.62. The summed E-state index contributed by atoms with van der Waals surface area (Å²) in [5, 5.41) is 33.0. The predicted octanol–water partition coefficient (Wildman–Crippen LogP) is 6.20. The second-order valence-corrected chi connectivity index (χ2v) is 20.1. The SMILES string of the molecule is CO[C@H]1C[C@@H]2CC[C@@H](C)C(=O)C(O)(O2)C(=O)N2CCCCC2C(=O)O[C@H]([C@H](C)C[C@@H]2CC[C@@H](OCCO)[C@H](OC)C2)CC(=O)[C@H](C)/C=C(\C)[C@@H](O)[C@@H](OC)C(=O)[C@H](C)C[C@H](C)/C=C/C=C/C=C/1C. The van der Waals surface area contributed by atoms with Crippen molar-refractivity contribution in [2.45, 2.75) is 180 Å². The van der Waals surface area contributed by atoms with Crippen LogP contribution in [0.1, 0.15) is 126 Å². The highest BCUT2D eigenvalue weighted by atomic mass is 16.6. The number of rotatable bonds is 9. The monoisotopic (exact) mass is 958 g/mol. The van der Waals surface area contributed by atoms with E-state index in [1.807, 2.05) is 58.1 Å². The predicted molar refractivity (Wildman–Crippen MR) is 256 cm³/mol. The fourth-order valence-corrected chi connectivity index (χ4v) is 10.5. The Hall–Kier alpha value is -3.41. The first-order chi connectivity index (χ1) is 32.3. The lowest BCUT2D eigenvalue weighted by molar-refractivity contribution is -0.231. The molecule has 0 spiro atoms. The van der Waals surface area contributed by atoms with Crippen LogP contribution in [0, 0.1) is 35.5 Å². The van der Waals surface area contributed by atoms with Gasteiger partial charge in [0.15, 0.2) is 5.78 Å². The third-order valence-electron chi connectivity index (χ3n) is 14.8. The average Bonchev–Trinajstić information content (AvgIpc) is 3.43. The first kappa shape index (κ1) is 57.2. The molecule has 1 amide bonds. The number of nitrogens with zero attached hydrogens (tertiary/aromatic N) is 1. The van der Waals surface area contributed by atoms with Crippen molar-refractivity contribution < 1.29 is 67.7 Å². The van der Waals surface area contributed by atoms with E-state index in [1.54, 1.807) is 41.1 Å². The molecule has 384 valence electrons. The van der Waals surface area contributed by atoms with Crippen molar-refractivity contribution >= 4 is 29.2 Å². The minimum absolute atomic E-state index is 0.0112. The molecule has 2 bridgehead atoms. The van der Waals surface area contributed by atoms with Crippen LogP contribution in [-0.4, -0.2) is 145 Å². The van der Waals surface area contributed by atoms with E-state index in [0.717, 1.165) is 12.0 Å². The van der Waals surface area contributed by atoms with E-state index in [4.69, 9.17) is 28.4 Å². The van der Waals surface area contributed by atoms with E-state index >= 15 is 0 Å². The number of hydrogen-bond acceptors (Lipinski definition) is 14. The first-order valence-corrected chi connectivity index (χ1v) is 25.0. The van der Waals surface area contributed by atoms with E-state index in [9.17, 15) is 39.3 Å². The summed E-state index contributed by atoms with van der Waals surface area (Å²) in [6, 6.07) is -1.16. The molecule has 1 aliphatic carbocycles. The van der Waals surface area contributed by atoms with Crippen LogP contribution in [0.3, 0.4) is 0 Å². The number of amides is 1. The first-order valence-electron chi connectivity index (χ1n) is 25.0. The molecule has 2 unspecified atom stereocenters. The van der Waals surface area contributed by atoms with Gasteiger partial charge in [0.25, 0.3) is 5.91 Å². The van der Waals surface area contributed by atoms with Gasteiger partial charge in [-0.05, 0) is 107 Å². The van der Waals surface area contributed by atoms with Crippen molar-refractivity contribution in [2.24, 2.45) is 35.5 Å². The largest absolute Gasteiger partial charge is 0.460 e. The molecule has 15 atom stereocenters. The molecule has 0 aromatic rings. The van der Waals surface area contributed by atoms with Crippen molar-refractivity contribution in [3.8, 4) is 0 Å². The molecule has 2 saturated heterocycles. The number of Topliss-reactive ketones (excluding diaryl/α,β-unsaturated/α-hetero) is 3. The fraction of sp³-hybridized carbons (Fsp3) is 0.755. The lowest BCUT2D eigenvalue weighted by atomic mass is 9.78.